The van der Waals surface area contributed by atoms with Crippen molar-refractivity contribution in [3.05, 3.63) is 56.8 Å². The molecule has 0 unspecified atom stereocenters. The number of carbonyl (C=O) groups excluding carboxylic acids is 1. The molecule has 0 spiro atoms. The maximum Gasteiger partial charge on any atom is 0.331 e. The molecule has 9 heteroatoms. The highest BCUT2D eigenvalue weighted by atomic mass is 16.3. The van der Waals surface area contributed by atoms with Gasteiger partial charge in [0, 0.05) is 26.4 Å². The summed E-state index contributed by atoms with van der Waals surface area (Å²) in [4.78, 5) is 43.8. The molecule has 3 aromatic rings. The van der Waals surface area contributed by atoms with Crippen LogP contribution in [0.15, 0.2) is 38.4 Å². The van der Waals surface area contributed by atoms with Crippen molar-refractivity contribution in [1.82, 2.24) is 24.4 Å². The van der Waals surface area contributed by atoms with Crippen molar-refractivity contribution in [1.29, 1.82) is 0 Å². The lowest BCUT2D eigenvalue weighted by molar-refractivity contribution is 0.0937. The minimum Gasteiger partial charge on any atom is -0.437 e. The molecule has 0 aliphatic heterocycles. The van der Waals surface area contributed by atoms with E-state index in [4.69, 9.17) is 4.42 Å². The zero-order valence-electron chi connectivity index (χ0n) is 12.4. The number of nitrogens with zero attached hydrogens (tertiary/aromatic N) is 4. The maximum absolute atomic E-state index is 12.2. The van der Waals surface area contributed by atoms with Crippen LogP contribution in [0.25, 0.3) is 11.2 Å². The molecule has 0 saturated carbocycles. The summed E-state index contributed by atoms with van der Waals surface area (Å²) in [5.74, 6) is -0.293. The third-order valence-electron chi connectivity index (χ3n) is 3.37. The number of hydrogen-bond acceptors (Lipinski definition) is 6. The summed E-state index contributed by atoms with van der Waals surface area (Å²) in [5, 5.41) is 2.56. The van der Waals surface area contributed by atoms with Gasteiger partial charge in [0.05, 0.1) is 6.54 Å². The standard InChI is InChI=1S/C14H13N5O4/c1-18-8(6-11(20)19(2)14(18)22)13(21)16-7-10-17-12-9(23-10)4-3-5-15-12/h3-6H,7H2,1-2H3,(H,16,21). The summed E-state index contributed by atoms with van der Waals surface area (Å²) in [5.41, 5.74) is -0.208. The highest BCUT2D eigenvalue weighted by molar-refractivity contribution is 5.92. The fourth-order valence-electron chi connectivity index (χ4n) is 2.09. The highest BCUT2D eigenvalue weighted by Gasteiger charge is 2.14. The second-order valence-electron chi connectivity index (χ2n) is 4.88. The Bertz CT molecular complexity index is 981. The van der Waals surface area contributed by atoms with Gasteiger partial charge < -0.3 is 9.73 Å². The first-order valence-corrected chi connectivity index (χ1v) is 6.73. The summed E-state index contributed by atoms with van der Waals surface area (Å²) >= 11 is 0. The van der Waals surface area contributed by atoms with Crippen molar-refractivity contribution < 1.29 is 9.21 Å². The number of nitrogens with one attached hydrogen (secondary N) is 1. The Labute approximate surface area is 129 Å². The van der Waals surface area contributed by atoms with Crippen LogP contribution in [-0.4, -0.2) is 25.0 Å². The first-order valence-electron chi connectivity index (χ1n) is 6.73. The van der Waals surface area contributed by atoms with Gasteiger partial charge >= 0.3 is 5.69 Å². The molecule has 1 N–H and O–H groups in total. The topological polar surface area (TPSA) is 112 Å². The molecule has 9 nitrogen and oxygen atoms in total. The molecule has 3 heterocycles. The molecular weight excluding hydrogens is 302 g/mol. The minimum absolute atomic E-state index is 0.0125. The van der Waals surface area contributed by atoms with Crippen molar-refractivity contribution in [3.8, 4) is 0 Å². The van der Waals surface area contributed by atoms with Gasteiger partial charge in [-0.15, -0.1) is 0 Å². The van der Waals surface area contributed by atoms with Crippen molar-refractivity contribution in [2.24, 2.45) is 14.1 Å². The van der Waals surface area contributed by atoms with Gasteiger partial charge in [0.25, 0.3) is 11.5 Å². The van der Waals surface area contributed by atoms with Crippen molar-refractivity contribution in [3.63, 3.8) is 0 Å². The lowest BCUT2D eigenvalue weighted by Crippen LogP contribution is -2.41. The Morgan fingerprint density at radius 2 is 2.09 bits per heavy atom. The molecule has 0 aromatic carbocycles. The van der Waals surface area contributed by atoms with Crippen LogP contribution in [0.5, 0.6) is 0 Å². The maximum atomic E-state index is 12.2. The molecule has 118 valence electrons. The van der Waals surface area contributed by atoms with E-state index in [9.17, 15) is 14.4 Å². The van der Waals surface area contributed by atoms with Crippen LogP contribution >= 0.6 is 0 Å². The second-order valence-corrected chi connectivity index (χ2v) is 4.88. The number of hydrogen-bond donors (Lipinski definition) is 1. The zero-order chi connectivity index (χ0) is 16.6. The summed E-state index contributed by atoms with van der Waals surface area (Å²) in [6, 6.07) is 4.53. The molecule has 0 radical (unpaired) electrons. The van der Waals surface area contributed by atoms with Crippen LogP contribution in [0.4, 0.5) is 0 Å². The Kier molecular flexibility index (Phi) is 3.53. The normalized spacial score (nSPS) is 10.9. The summed E-state index contributed by atoms with van der Waals surface area (Å²) in [7, 11) is 2.76. The van der Waals surface area contributed by atoms with Gasteiger partial charge in [0.1, 0.15) is 5.69 Å². The van der Waals surface area contributed by atoms with E-state index in [1.807, 2.05) is 0 Å². The molecule has 3 aromatic heterocycles. The fraction of sp³-hybridized carbons (Fsp3) is 0.214. The molecule has 0 fully saturated rings. The summed E-state index contributed by atoms with van der Waals surface area (Å²) in [6.45, 7) is 0.0125. The zero-order valence-corrected chi connectivity index (χ0v) is 12.4. The number of carbonyl (C=O) groups is 1. The van der Waals surface area contributed by atoms with E-state index >= 15 is 0 Å². The first-order chi connectivity index (χ1) is 11.0. The van der Waals surface area contributed by atoms with E-state index in [-0.39, 0.29) is 18.1 Å². The van der Waals surface area contributed by atoms with Gasteiger partial charge in [-0.25, -0.2) is 9.78 Å². The lowest BCUT2D eigenvalue weighted by atomic mass is 10.3. The lowest BCUT2D eigenvalue weighted by Gasteiger charge is -2.08. The van der Waals surface area contributed by atoms with Crippen LogP contribution in [0.1, 0.15) is 16.4 Å². The van der Waals surface area contributed by atoms with Gasteiger partial charge in [0.2, 0.25) is 5.89 Å². The molecule has 1 amide bonds. The molecule has 3 rings (SSSR count). The van der Waals surface area contributed by atoms with E-state index in [0.717, 1.165) is 15.2 Å². The monoisotopic (exact) mass is 315 g/mol. The van der Waals surface area contributed by atoms with Crippen LogP contribution in [0.3, 0.4) is 0 Å². The third kappa shape index (κ3) is 2.63. The number of aromatic nitrogens is 4. The molecule has 0 aliphatic rings. The van der Waals surface area contributed by atoms with Crippen LogP contribution in [-0.2, 0) is 20.6 Å². The van der Waals surface area contributed by atoms with Gasteiger partial charge in [-0.1, -0.05) is 0 Å². The van der Waals surface area contributed by atoms with Crippen molar-refractivity contribution in [2.45, 2.75) is 6.54 Å². The van der Waals surface area contributed by atoms with Crippen LogP contribution < -0.4 is 16.6 Å². The Hall–Kier alpha value is -3.23. The fourth-order valence-corrected chi connectivity index (χ4v) is 2.09. The van der Waals surface area contributed by atoms with E-state index in [0.29, 0.717) is 11.2 Å². The van der Waals surface area contributed by atoms with Gasteiger partial charge in [-0.05, 0) is 12.1 Å². The molecule has 0 aliphatic carbocycles. The Morgan fingerprint density at radius 3 is 2.83 bits per heavy atom. The smallest absolute Gasteiger partial charge is 0.331 e. The SMILES string of the molecule is Cn1c(C(=O)NCc2nc3ncccc3o2)cc(=O)n(C)c1=O. The average molecular weight is 315 g/mol. The Morgan fingerprint density at radius 1 is 1.30 bits per heavy atom. The predicted molar refractivity (Wildman–Crippen MR) is 79.9 cm³/mol. The van der Waals surface area contributed by atoms with Crippen molar-refractivity contribution >= 4 is 17.1 Å². The number of oxazole rings is 1. The van der Waals surface area contributed by atoms with Crippen molar-refractivity contribution in [2.75, 3.05) is 0 Å². The summed E-state index contributed by atoms with van der Waals surface area (Å²) < 4.78 is 7.45. The van der Waals surface area contributed by atoms with Crippen LogP contribution in [0.2, 0.25) is 0 Å². The van der Waals surface area contributed by atoms with E-state index in [2.05, 4.69) is 15.3 Å². The van der Waals surface area contributed by atoms with Gasteiger partial charge in [-0.2, -0.15) is 4.98 Å². The molecule has 0 saturated heterocycles. The van der Waals surface area contributed by atoms with E-state index < -0.39 is 17.2 Å². The van der Waals surface area contributed by atoms with Gasteiger partial charge in [0.15, 0.2) is 11.2 Å². The molecule has 23 heavy (non-hydrogen) atoms. The number of fused-ring (bicyclic) bond motifs is 1. The van der Waals surface area contributed by atoms with Gasteiger partial charge in [-0.3, -0.25) is 18.7 Å². The number of rotatable bonds is 3. The molecule has 0 bridgehead atoms. The third-order valence-corrected chi connectivity index (χ3v) is 3.37. The quantitative estimate of drug-likeness (QED) is 0.700. The van der Waals surface area contributed by atoms with E-state index in [1.54, 1.807) is 18.3 Å². The highest BCUT2D eigenvalue weighted by Crippen LogP contribution is 2.11. The average Bonchev–Trinajstić information content (AvgIpc) is 2.97. The number of amides is 1. The molecular formula is C14H13N5O4. The van der Waals surface area contributed by atoms with Crippen LogP contribution in [0, 0.1) is 0 Å². The Balaban J connectivity index is 1.82. The predicted octanol–water partition coefficient (Wildman–Crippen LogP) is -0.450. The second kappa shape index (κ2) is 5.52. The van der Waals surface area contributed by atoms with E-state index in [1.165, 1.54) is 14.1 Å². The first kappa shape index (κ1) is 14.7. The summed E-state index contributed by atoms with van der Waals surface area (Å²) in [6.07, 6.45) is 1.59. The number of pyridine rings is 1. The largest absolute Gasteiger partial charge is 0.437 e. The minimum atomic E-state index is -0.575. The molecule has 0 atom stereocenters.